The second-order valence-electron chi connectivity index (χ2n) is 26.3. The van der Waals surface area contributed by atoms with Crippen molar-refractivity contribution in [3.05, 3.63) is 398 Å². The lowest BCUT2D eigenvalue weighted by atomic mass is 9.77. The predicted molar refractivity (Wildman–Crippen MR) is 422 cm³/mol. The van der Waals surface area contributed by atoms with E-state index >= 15 is 0 Å². The molecule has 2 nitrogen and oxygen atoms in total. The second-order valence-corrected chi connectivity index (χ2v) is 26.3. The van der Waals surface area contributed by atoms with Crippen molar-refractivity contribution in [2.45, 2.75) is 0 Å². The Labute approximate surface area is 582 Å². The summed E-state index contributed by atoms with van der Waals surface area (Å²) in [5.41, 5.74) is 40.1. The van der Waals surface area contributed by atoms with Gasteiger partial charge in [-0.05, 0) is 215 Å². The molecule has 0 saturated heterocycles. The Balaban J connectivity index is 0.843. The van der Waals surface area contributed by atoms with Crippen LogP contribution < -0.4 is 0 Å². The van der Waals surface area contributed by atoms with Gasteiger partial charge in [0, 0.05) is 45.3 Å². The topological polar surface area (TPSA) is 31.6 Å². The zero-order valence-electron chi connectivity index (χ0n) is 54.8. The second kappa shape index (κ2) is 24.5. The molecule has 100 heavy (non-hydrogen) atoms. The Morgan fingerprint density at radius 1 is 0.170 bits per heavy atom. The van der Waals surface area contributed by atoms with Crippen LogP contribution in [0, 0.1) is 0 Å². The zero-order chi connectivity index (χ0) is 66.0. The van der Waals surface area contributed by atoms with Crippen molar-refractivity contribution in [2.75, 3.05) is 0 Å². The first-order valence-electron chi connectivity index (χ1n) is 34.5. The number of H-pyrrole nitrogens is 2. The molecular weight excluding hydrogens is 1210 g/mol. The van der Waals surface area contributed by atoms with Crippen LogP contribution in [0.4, 0.5) is 0 Å². The Morgan fingerprint density at radius 2 is 0.430 bits per heavy atom. The van der Waals surface area contributed by atoms with Crippen molar-refractivity contribution in [3.8, 4) is 134 Å². The highest BCUT2D eigenvalue weighted by Crippen LogP contribution is 2.56. The van der Waals surface area contributed by atoms with Gasteiger partial charge in [0.1, 0.15) is 0 Å². The molecule has 0 saturated carbocycles. The molecule has 2 N–H and O–H groups in total. The van der Waals surface area contributed by atoms with Gasteiger partial charge >= 0.3 is 0 Å². The predicted octanol–water partition coefficient (Wildman–Crippen LogP) is 26.5. The summed E-state index contributed by atoms with van der Waals surface area (Å²) in [6.45, 7) is 0. The lowest BCUT2D eigenvalue weighted by molar-refractivity contribution is 1.47. The minimum absolute atomic E-state index is 1.12. The number of nitrogens with one attached hydrogen (secondary N) is 2. The van der Waals surface area contributed by atoms with Crippen LogP contribution >= 0.6 is 0 Å². The summed E-state index contributed by atoms with van der Waals surface area (Å²) < 4.78 is 0. The van der Waals surface area contributed by atoms with E-state index in [1.54, 1.807) is 0 Å². The van der Waals surface area contributed by atoms with Crippen LogP contribution in [0.25, 0.3) is 179 Å². The van der Waals surface area contributed by atoms with Crippen molar-refractivity contribution in [1.82, 2.24) is 9.97 Å². The molecule has 0 aliphatic heterocycles. The van der Waals surface area contributed by atoms with Gasteiger partial charge in [0.2, 0.25) is 0 Å². The first-order chi connectivity index (χ1) is 49.6. The number of fused-ring (bicyclic) bond motifs is 8. The van der Waals surface area contributed by atoms with E-state index < -0.39 is 0 Å². The molecule has 2 heterocycles. The van der Waals surface area contributed by atoms with Crippen LogP contribution in [-0.4, -0.2) is 9.97 Å². The fourth-order valence-electron chi connectivity index (χ4n) is 16.1. The number of hydrogen-bond donors (Lipinski definition) is 2. The maximum atomic E-state index is 3.55. The fourth-order valence-corrected chi connectivity index (χ4v) is 16.1. The summed E-state index contributed by atoms with van der Waals surface area (Å²) in [5.74, 6) is 0. The Hall–Kier alpha value is -13.1. The number of aromatic amines is 2. The van der Waals surface area contributed by atoms with Crippen LogP contribution in [0.2, 0.25) is 0 Å². The monoisotopic (exact) mass is 1270 g/mol. The van der Waals surface area contributed by atoms with Crippen LogP contribution in [-0.2, 0) is 0 Å². The van der Waals surface area contributed by atoms with Crippen LogP contribution in [0.15, 0.2) is 364 Å². The lowest BCUT2D eigenvalue weighted by Crippen LogP contribution is -1.99. The highest BCUT2D eigenvalue weighted by atomic mass is 14.7. The van der Waals surface area contributed by atoms with Crippen molar-refractivity contribution in [3.63, 3.8) is 0 Å². The molecule has 17 aromatic rings. The summed E-state index contributed by atoms with van der Waals surface area (Å²) in [5, 5.41) is 2.41. The third-order valence-electron chi connectivity index (χ3n) is 20.6. The van der Waals surface area contributed by atoms with E-state index in [0.29, 0.717) is 0 Å². The average molecular weight is 1270 g/mol. The third kappa shape index (κ3) is 9.95. The highest BCUT2D eigenvalue weighted by molar-refractivity contribution is 6.15. The molecule has 0 atom stereocenters. The van der Waals surface area contributed by atoms with Crippen molar-refractivity contribution in [1.29, 1.82) is 0 Å². The van der Waals surface area contributed by atoms with Gasteiger partial charge in [-0.25, -0.2) is 0 Å². The van der Waals surface area contributed by atoms with Crippen molar-refractivity contribution >= 4 is 45.1 Å². The van der Waals surface area contributed by atoms with Crippen molar-refractivity contribution < 1.29 is 0 Å². The first-order valence-corrected chi connectivity index (χ1v) is 34.5. The van der Waals surface area contributed by atoms with E-state index in [2.05, 4.69) is 386 Å². The lowest BCUT2D eigenvalue weighted by Gasteiger charge is -2.26. The molecule has 2 heteroatoms. The SMILES string of the molecule is C(=C1/c2ccccc2-c2ccc(-c3cc(-c4ccccc4)c(-c4ccc(-c5c(-c6ccccc6)cc(-c6ccc7c(c6)/C(=C/c6c[nH]c8ccccc68)c6ccccc6-7)c(-c6ccccc6)c5-c5ccccc5)cc4)c(-c4ccccc4)c3-c3ccccc3)cc21)/c1c[nH]c2ccccc12. The van der Waals surface area contributed by atoms with E-state index in [9.17, 15) is 0 Å². The number of benzene rings is 15. The first kappa shape index (κ1) is 58.2. The summed E-state index contributed by atoms with van der Waals surface area (Å²) >= 11 is 0. The molecule has 15 aromatic carbocycles. The molecule has 466 valence electrons. The van der Waals surface area contributed by atoms with Gasteiger partial charge in [-0.3, -0.25) is 0 Å². The Kier molecular flexibility index (Phi) is 14.3. The molecule has 0 fully saturated rings. The largest absolute Gasteiger partial charge is 0.361 e. The minimum Gasteiger partial charge on any atom is -0.361 e. The summed E-state index contributed by atoms with van der Waals surface area (Å²) in [4.78, 5) is 7.10. The van der Waals surface area contributed by atoms with Crippen LogP contribution in [0.3, 0.4) is 0 Å². The van der Waals surface area contributed by atoms with Gasteiger partial charge in [-0.15, -0.1) is 0 Å². The van der Waals surface area contributed by atoms with Gasteiger partial charge < -0.3 is 9.97 Å². The third-order valence-corrected chi connectivity index (χ3v) is 20.6. The number of aromatic nitrogens is 2. The van der Waals surface area contributed by atoms with Crippen LogP contribution in [0.5, 0.6) is 0 Å². The van der Waals surface area contributed by atoms with Gasteiger partial charge in [0.15, 0.2) is 0 Å². The molecule has 2 aliphatic carbocycles. The van der Waals surface area contributed by atoms with E-state index in [1.807, 2.05) is 0 Å². The maximum Gasteiger partial charge on any atom is 0.0460 e. The molecule has 0 spiro atoms. The number of hydrogen-bond acceptors (Lipinski definition) is 0. The maximum absolute atomic E-state index is 3.55. The van der Waals surface area contributed by atoms with E-state index in [0.717, 1.165) is 88.9 Å². The quantitative estimate of drug-likeness (QED) is 0.122. The molecule has 19 rings (SSSR count). The summed E-state index contributed by atoms with van der Waals surface area (Å²) in [7, 11) is 0. The van der Waals surface area contributed by atoms with E-state index in [1.165, 1.54) is 111 Å². The Bertz CT molecular complexity index is 5700. The van der Waals surface area contributed by atoms with E-state index in [4.69, 9.17) is 0 Å². The normalized spacial score (nSPS) is 12.8. The fraction of sp³-hybridized carbons (Fsp3) is 0. The molecule has 2 aliphatic rings. The summed E-state index contributed by atoms with van der Waals surface area (Å²) in [6, 6.07) is 130. The Morgan fingerprint density at radius 3 is 0.790 bits per heavy atom. The minimum atomic E-state index is 1.12. The van der Waals surface area contributed by atoms with E-state index in [-0.39, 0.29) is 0 Å². The van der Waals surface area contributed by atoms with Crippen LogP contribution in [0.1, 0.15) is 33.4 Å². The molecule has 0 bridgehead atoms. The molecular formula is C98H64N2. The van der Waals surface area contributed by atoms with Crippen molar-refractivity contribution in [2.24, 2.45) is 0 Å². The van der Waals surface area contributed by atoms with Gasteiger partial charge in [0.05, 0.1) is 0 Å². The summed E-state index contributed by atoms with van der Waals surface area (Å²) in [6.07, 6.45) is 9.08. The zero-order valence-corrected chi connectivity index (χ0v) is 54.8. The highest BCUT2D eigenvalue weighted by Gasteiger charge is 2.31. The van der Waals surface area contributed by atoms with Gasteiger partial charge in [0.25, 0.3) is 0 Å². The van der Waals surface area contributed by atoms with Gasteiger partial charge in [-0.2, -0.15) is 0 Å². The number of para-hydroxylation sites is 2. The smallest absolute Gasteiger partial charge is 0.0460 e. The van der Waals surface area contributed by atoms with Gasteiger partial charge in [-0.1, -0.05) is 315 Å². The molecule has 0 amide bonds. The standard InChI is InChI=1S/C98H64N2/c1-7-27-63(28-8-1)83-59-85(71-51-53-81-77-41-19-21-43-79(77)89(87(81)55-71)57-73-61-99-91-45-25-23-39-75(73)91)93(65-31-11-3-12-32-65)97(67-35-15-5-16-36-67)95(83)69-47-49-70(50-48-69)96-84(64-29-9-2-10-30-64)60-86(94(66-33-13-4-14-34-66)98(96)68-37-17-6-18-38-68)72-52-54-82-78-42-20-22-44-80(78)90(88(82)56-72)58-74-62-100-92-46-26-24-40-76(74)92/h1-62,99-100H/b89-57+,90-58+. The number of rotatable bonds is 12. The molecule has 0 unspecified atom stereocenters. The molecule has 0 radical (unpaired) electrons. The molecule has 2 aromatic heterocycles. The average Bonchev–Trinajstić information content (AvgIpc) is 1.14.